The molecule has 0 saturated heterocycles. The fourth-order valence-corrected chi connectivity index (χ4v) is 1.98. The zero-order valence-electron chi connectivity index (χ0n) is 11.8. The summed E-state index contributed by atoms with van der Waals surface area (Å²) in [5, 5.41) is 11.7. The maximum atomic E-state index is 12.2. The highest BCUT2D eigenvalue weighted by Gasteiger charge is 2.13. The number of nitrogens with one attached hydrogen (secondary N) is 1. The van der Waals surface area contributed by atoms with Gasteiger partial charge in [-0.3, -0.25) is 4.79 Å². The summed E-state index contributed by atoms with van der Waals surface area (Å²) in [6, 6.07) is 9.78. The largest absolute Gasteiger partial charge is 0.478 e. The first kappa shape index (κ1) is 14.6. The van der Waals surface area contributed by atoms with Crippen LogP contribution in [-0.4, -0.2) is 17.0 Å². The average Bonchev–Trinajstić information content (AvgIpc) is 2.43. The lowest BCUT2D eigenvalue weighted by Gasteiger charge is -2.11. The molecule has 0 saturated carbocycles. The van der Waals surface area contributed by atoms with E-state index in [4.69, 9.17) is 10.8 Å². The molecule has 0 bridgehead atoms. The van der Waals surface area contributed by atoms with E-state index in [0.717, 1.165) is 16.8 Å². The zero-order valence-corrected chi connectivity index (χ0v) is 11.8. The molecule has 2 rings (SSSR count). The molecule has 0 radical (unpaired) electrons. The minimum absolute atomic E-state index is 0.0155. The zero-order chi connectivity index (χ0) is 15.6. The number of nitrogens with two attached hydrogens (primary N) is 1. The Balaban J connectivity index is 2.27. The first-order valence-electron chi connectivity index (χ1n) is 6.40. The van der Waals surface area contributed by atoms with Crippen LogP contribution in [-0.2, 0) is 0 Å². The van der Waals surface area contributed by atoms with Gasteiger partial charge in [0, 0.05) is 16.9 Å². The van der Waals surface area contributed by atoms with Crippen LogP contribution in [0.3, 0.4) is 0 Å². The number of carboxylic acid groups (broad SMARTS) is 1. The van der Waals surface area contributed by atoms with Gasteiger partial charge in [0.05, 0.1) is 5.56 Å². The Hall–Kier alpha value is -2.82. The number of anilines is 2. The van der Waals surface area contributed by atoms with E-state index in [1.165, 1.54) is 18.2 Å². The van der Waals surface area contributed by atoms with Crippen molar-refractivity contribution < 1.29 is 14.7 Å². The fraction of sp³-hybridized carbons (Fsp3) is 0.125. The van der Waals surface area contributed by atoms with Gasteiger partial charge in [-0.1, -0.05) is 12.1 Å². The molecule has 0 spiro atoms. The molecule has 0 heterocycles. The number of rotatable bonds is 3. The molecule has 108 valence electrons. The Bertz CT molecular complexity index is 723. The van der Waals surface area contributed by atoms with Crippen molar-refractivity contribution in [3.05, 3.63) is 58.7 Å². The van der Waals surface area contributed by atoms with Gasteiger partial charge in [0.1, 0.15) is 0 Å². The highest BCUT2D eigenvalue weighted by atomic mass is 16.4. The van der Waals surface area contributed by atoms with Gasteiger partial charge >= 0.3 is 5.97 Å². The van der Waals surface area contributed by atoms with Gasteiger partial charge in [-0.25, -0.2) is 4.79 Å². The molecule has 5 heteroatoms. The molecule has 5 nitrogen and oxygen atoms in total. The van der Waals surface area contributed by atoms with Crippen molar-refractivity contribution in [1.29, 1.82) is 0 Å². The predicted octanol–water partition coefficient (Wildman–Crippen LogP) is 2.84. The van der Waals surface area contributed by atoms with Crippen molar-refractivity contribution in [2.75, 3.05) is 11.1 Å². The quantitative estimate of drug-likeness (QED) is 0.756. The standard InChI is InChI=1S/C16H16N2O3/c1-9-4-3-5-14(10(9)2)18-15(19)11-6-7-12(16(20)21)13(17)8-11/h3-8H,17H2,1-2H3,(H,18,19)(H,20,21). The lowest BCUT2D eigenvalue weighted by atomic mass is 10.1. The molecule has 4 N–H and O–H groups in total. The van der Waals surface area contributed by atoms with Crippen LogP contribution >= 0.6 is 0 Å². The summed E-state index contributed by atoms with van der Waals surface area (Å²) in [4.78, 5) is 23.1. The van der Waals surface area contributed by atoms with Gasteiger partial charge in [-0.05, 0) is 49.2 Å². The van der Waals surface area contributed by atoms with Gasteiger partial charge in [0.2, 0.25) is 0 Å². The third kappa shape index (κ3) is 3.02. The van der Waals surface area contributed by atoms with E-state index in [1.807, 2.05) is 32.0 Å². The highest BCUT2D eigenvalue weighted by molar-refractivity contribution is 6.06. The van der Waals surface area contributed by atoms with Crippen LogP contribution in [0.5, 0.6) is 0 Å². The normalized spacial score (nSPS) is 10.2. The van der Waals surface area contributed by atoms with Crippen molar-refractivity contribution >= 4 is 23.3 Å². The number of benzene rings is 2. The summed E-state index contributed by atoms with van der Waals surface area (Å²) in [5.41, 5.74) is 8.80. The number of amides is 1. The summed E-state index contributed by atoms with van der Waals surface area (Å²) in [6.07, 6.45) is 0. The second-order valence-electron chi connectivity index (χ2n) is 4.81. The van der Waals surface area contributed by atoms with E-state index in [0.29, 0.717) is 5.56 Å². The molecule has 0 aliphatic carbocycles. The third-order valence-electron chi connectivity index (χ3n) is 3.40. The SMILES string of the molecule is Cc1cccc(NC(=O)c2ccc(C(=O)O)c(N)c2)c1C. The first-order valence-corrected chi connectivity index (χ1v) is 6.40. The van der Waals surface area contributed by atoms with Crippen LogP contribution in [0.4, 0.5) is 11.4 Å². The summed E-state index contributed by atoms with van der Waals surface area (Å²) in [7, 11) is 0. The van der Waals surface area contributed by atoms with E-state index in [2.05, 4.69) is 5.32 Å². The van der Waals surface area contributed by atoms with E-state index < -0.39 is 5.97 Å². The van der Waals surface area contributed by atoms with Crippen LogP contribution in [0, 0.1) is 13.8 Å². The predicted molar refractivity (Wildman–Crippen MR) is 81.7 cm³/mol. The van der Waals surface area contributed by atoms with Crippen molar-refractivity contribution in [3.8, 4) is 0 Å². The van der Waals surface area contributed by atoms with E-state index in [9.17, 15) is 9.59 Å². The Labute approximate surface area is 122 Å². The monoisotopic (exact) mass is 284 g/mol. The molecule has 0 fully saturated rings. The molecular weight excluding hydrogens is 268 g/mol. The van der Waals surface area contributed by atoms with Crippen molar-refractivity contribution in [3.63, 3.8) is 0 Å². The molecule has 2 aromatic rings. The second kappa shape index (κ2) is 5.66. The highest BCUT2D eigenvalue weighted by Crippen LogP contribution is 2.20. The lowest BCUT2D eigenvalue weighted by molar-refractivity contribution is 0.0697. The Kier molecular flexibility index (Phi) is 3.93. The summed E-state index contributed by atoms with van der Waals surface area (Å²) >= 11 is 0. The van der Waals surface area contributed by atoms with Crippen LogP contribution < -0.4 is 11.1 Å². The van der Waals surface area contributed by atoms with Gasteiger partial charge in [0.25, 0.3) is 5.91 Å². The number of nitrogen functional groups attached to an aromatic ring is 1. The Morgan fingerprint density at radius 1 is 1.14 bits per heavy atom. The molecule has 1 amide bonds. The molecule has 0 aliphatic heterocycles. The van der Waals surface area contributed by atoms with E-state index in [-0.39, 0.29) is 17.2 Å². The number of carboxylic acids is 1. The first-order chi connectivity index (χ1) is 9.90. The number of hydrogen-bond acceptors (Lipinski definition) is 3. The van der Waals surface area contributed by atoms with E-state index >= 15 is 0 Å². The number of aromatic carboxylic acids is 1. The van der Waals surface area contributed by atoms with Gasteiger partial charge in [0.15, 0.2) is 0 Å². The molecular formula is C16H16N2O3. The molecule has 21 heavy (non-hydrogen) atoms. The molecule has 0 atom stereocenters. The van der Waals surface area contributed by atoms with Crippen molar-refractivity contribution in [1.82, 2.24) is 0 Å². The third-order valence-corrected chi connectivity index (χ3v) is 3.40. The average molecular weight is 284 g/mol. The minimum atomic E-state index is -1.12. The van der Waals surface area contributed by atoms with Crippen LogP contribution in [0.25, 0.3) is 0 Å². The van der Waals surface area contributed by atoms with Gasteiger partial charge in [-0.2, -0.15) is 0 Å². The smallest absolute Gasteiger partial charge is 0.337 e. The van der Waals surface area contributed by atoms with Crippen molar-refractivity contribution in [2.24, 2.45) is 0 Å². The summed E-state index contributed by atoms with van der Waals surface area (Å²) < 4.78 is 0. The summed E-state index contributed by atoms with van der Waals surface area (Å²) in [6.45, 7) is 3.89. The van der Waals surface area contributed by atoms with Gasteiger partial charge < -0.3 is 16.2 Å². The van der Waals surface area contributed by atoms with E-state index in [1.54, 1.807) is 0 Å². The van der Waals surface area contributed by atoms with Crippen molar-refractivity contribution in [2.45, 2.75) is 13.8 Å². The van der Waals surface area contributed by atoms with Crippen LogP contribution in [0.15, 0.2) is 36.4 Å². The second-order valence-corrected chi connectivity index (χ2v) is 4.81. The molecule has 0 aliphatic rings. The maximum Gasteiger partial charge on any atom is 0.337 e. The molecule has 0 aromatic heterocycles. The minimum Gasteiger partial charge on any atom is -0.478 e. The topological polar surface area (TPSA) is 92.4 Å². The molecule has 0 unspecified atom stereocenters. The Morgan fingerprint density at radius 2 is 1.86 bits per heavy atom. The fourth-order valence-electron chi connectivity index (χ4n) is 1.98. The lowest BCUT2D eigenvalue weighted by Crippen LogP contribution is -2.14. The summed E-state index contributed by atoms with van der Waals surface area (Å²) in [5.74, 6) is -1.44. The Morgan fingerprint density at radius 3 is 2.48 bits per heavy atom. The van der Waals surface area contributed by atoms with Crippen LogP contribution in [0.1, 0.15) is 31.8 Å². The van der Waals surface area contributed by atoms with Crippen LogP contribution in [0.2, 0.25) is 0 Å². The number of carbonyl (C=O) groups excluding carboxylic acids is 1. The number of hydrogen-bond donors (Lipinski definition) is 3. The number of carbonyl (C=O) groups is 2. The maximum absolute atomic E-state index is 12.2. The van der Waals surface area contributed by atoms with Gasteiger partial charge in [-0.15, -0.1) is 0 Å². The number of aryl methyl sites for hydroxylation is 1. The molecule has 2 aromatic carbocycles.